The van der Waals surface area contributed by atoms with E-state index in [0.717, 1.165) is 31.6 Å². The first kappa shape index (κ1) is 13.7. The quantitative estimate of drug-likeness (QED) is 0.877. The first-order valence-corrected chi connectivity index (χ1v) is 7.25. The molecule has 0 saturated carbocycles. The van der Waals surface area contributed by atoms with Crippen LogP contribution >= 0.6 is 0 Å². The average Bonchev–Trinajstić information content (AvgIpc) is 2.50. The lowest BCUT2D eigenvalue weighted by molar-refractivity contribution is 0.306. The molecule has 110 valence electrons. The maximum absolute atomic E-state index is 13.5. The summed E-state index contributed by atoms with van der Waals surface area (Å²) in [6.45, 7) is 2.16. The number of para-hydroxylation sites is 1. The normalized spacial score (nSPS) is 13.9. The molecule has 1 aliphatic heterocycles. The van der Waals surface area contributed by atoms with E-state index in [1.807, 2.05) is 12.1 Å². The molecule has 0 radical (unpaired) electrons. The molecule has 0 unspecified atom stereocenters. The first-order chi connectivity index (χ1) is 10.3. The Morgan fingerprint density at radius 2 is 2.00 bits per heavy atom. The zero-order chi connectivity index (χ0) is 14.7. The summed E-state index contributed by atoms with van der Waals surface area (Å²) >= 11 is 0. The van der Waals surface area contributed by atoms with Crippen LogP contribution in [0.3, 0.4) is 0 Å². The Morgan fingerprint density at radius 3 is 2.86 bits per heavy atom. The van der Waals surface area contributed by atoms with Crippen molar-refractivity contribution in [2.24, 2.45) is 0 Å². The number of fused-ring (bicyclic) bond motifs is 1. The number of ether oxygens (including phenoxy) is 1. The lowest BCUT2D eigenvalue weighted by atomic mass is 10.00. The van der Waals surface area contributed by atoms with Crippen molar-refractivity contribution in [1.82, 2.24) is 0 Å². The molecule has 2 aromatic carbocycles. The summed E-state index contributed by atoms with van der Waals surface area (Å²) in [6.07, 6.45) is 2.10. The van der Waals surface area contributed by atoms with Crippen molar-refractivity contribution in [3.8, 4) is 5.75 Å². The van der Waals surface area contributed by atoms with Crippen molar-refractivity contribution in [2.75, 3.05) is 30.3 Å². The van der Waals surface area contributed by atoms with E-state index in [1.54, 1.807) is 18.2 Å². The highest BCUT2D eigenvalue weighted by molar-refractivity contribution is 5.66. The van der Waals surface area contributed by atoms with Gasteiger partial charge in [0.05, 0.1) is 6.54 Å². The number of anilines is 2. The van der Waals surface area contributed by atoms with Crippen LogP contribution in [0.1, 0.15) is 12.0 Å². The molecule has 21 heavy (non-hydrogen) atoms. The van der Waals surface area contributed by atoms with Gasteiger partial charge in [0.25, 0.3) is 0 Å². The minimum Gasteiger partial charge on any atom is -0.489 e. The van der Waals surface area contributed by atoms with Gasteiger partial charge in [0.15, 0.2) is 11.6 Å². The molecule has 1 heterocycles. The minimum atomic E-state index is -0.319. The van der Waals surface area contributed by atoms with Crippen LogP contribution in [-0.2, 0) is 6.42 Å². The van der Waals surface area contributed by atoms with Gasteiger partial charge in [-0.2, -0.15) is 0 Å². The molecule has 0 fully saturated rings. The first-order valence-electron chi connectivity index (χ1n) is 7.25. The third kappa shape index (κ3) is 2.94. The van der Waals surface area contributed by atoms with Crippen LogP contribution in [0.4, 0.5) is 15.8 Å². The van der Waals surface area contributed by atoms with E-state index < -0.39 is 0 Å². The second-order valence-corrected chi connectivity index (χ2v) is 5.21. The van der Waals surface area contributed by atoms with E-state index in [2.05, 4.69) is 11.0 Å². The fourth-order valence-corrected chi connectivity index (χ4v) is 2.79. The van der Waals surface area contributed by atoms with E-state index in [4.69, 9.17) is 10.5 Å². The van der Waals surface area contributed by atoms with Crippen LogP contribution in [0, 0.1) is 5.82 Å². The highest BCUT2D eigenvalue weighted by atomic mass is 19.1. The fraction of sp³-hybridized carbons (Fsp3) is 0.294. The number of hydrogen-bond acceptors (Lipinski definition) is 3. The monoisotopic (exact) mass is 286 g/mol. The number of hydrogen-bond donors (Lipinski definition) is 1. The molecule has 0 aromatic heterocycles. The molecular formula is C17H19FN2O. The van der Waals surface area contributed by atoms with Crippen molar-refractivity contribution in [1.29, 1.82) is 0 Å². The Labute approximate surface area is 124 Å². The summed E-state index contributed by atoms with van der Waals surface area (Å²) in [6, 6.07) is 12.5. The number of rotatable bonds is 4. The van der Waals surface area contributed by atoms with Crippen LogP contribution < -0.4 is 15.4 Å². The molecule has 0 saturated heterocycles. The third-order valence-electron chi connectivity index (χ3n) is 3.84. The van der Waals surface area contributed by atoms with Gasteiger partial charge in [-0.1, -0.05) is 18.2 Å². The van der Waals surface area contributed by atoms with Crippen molar-refractivity contribution < 1.29 is 9.13 Å². The van der Waals surface area contributed by atoms with Gasteiger partial charge in [-0.3, -0.25) is 0 Å². The van der Waals surface area contributed by atoms with E-state index in [0.29, 0.717) is 12.4 Å². The van der Waals surface area contributed by atoms with Crippen molar-refractivity contribution >= 4 is 11.4 Å². The molecule has 0 atom stereocenters. The molecular weight excluding hydrogens is 267 g/mol. The molecule has 3 rings (SSSR count). The maximum atomic E-state index is 13.5. The van der Waals surface area contributed by atoms with Crippen molar-refractivity contribution in [2.45, 2.75) is 12.8 Å². The Hall–Kier alpha value is -2.23. The van der Waals surface area contributed by atoms with Gasteiger partial charge >= 0.3 is 0 Å². The molecule has 0 amide bonds. The Kier molecular flexibility index (Phi) is 3.95. The fourth-order valence-electron chi connectivity index (χ4n) is 2.79. The lowest BCUT2D eigenvalue weighted by Crippen LogP contribution is -2.33. The number of nitrogens with zero attached hydrogens (tertiary/aromatic N) is 1. The molecule has 0 spiro atoms. The van der Waals surface area contributed by atoms with E-state index in [9.17, 15) is 4.39 Å². The lowest BCUT2D eigenvalue weighted by Gasteiger charge is -2.31. The molecule has 2 N–H and O–H groups in total. The summed E-state index contributed by atoms with van der Waals surface area (Å²) in [7, 11) is 0. The van der Waals surface area contributed by atoms with Gasteiger partial charge in [0.2, 0.25) is 0 Å². The number of nitrogens with two attached hydrogens (primary N) is 1. The standard InChI is InChI=1S/C17H19FN2O/c18-14-6-1-2-9-17(14)21-12-11-20-10-4-5-13-15(19)7-3-8-16(13)20/h1-3,6-9H,4-5,10-12,19H2. The highest BCUT2D eigenvalue weighted by Crippen LogP contribution is 2.31. The van der Waals surface area contributed by atoms with Crippen LogP contribution in [0.2, 0.25) is 0 Å². The molecule has 3 nitrogen and oxygen atoms in total. The maximum Gasteiger partial charge on any atom is 0.165 e. The topological polar surface area (TPSA) is 38.5 Å². The second-order valence-electron chi connectivity index (χ2n) is 5.21. The van der Waals surface area contributed by atoms with Crippen LogP contribution in [0.25, 0.3) is 0 Å². The SMILES string of the molecule is Nc1cccc2c1CCCN2CCOc1ccccc1F. The average molecular weight is 286 g/mol. The van der Waals surface area contributed by atoms with Crippen molar-refractivity contribution in [3.05, 3.63) is 53.8 Å². The van der Waals surface area contributed by atoms with Gasteiger partial charge < -0.3 is 15.4 Å². The van der Waals surface area contributed by atoms with Crippen LogP contribution in [0.15, 0.2) is 42.5 Å². The molecule has 1 aliphatic rings. The molecule has 0 aliphatic carbocycles. The Balaban J connectivity index is 1.65. The predicted molar refractivity (Wildman–Crippen MR) is 83.3 cm³/mol. The van der Waals surface area contributed by atoms with Crippen LogP contribution in [-0.4, -0.2) is 19.7 Å². The summed E-state index contributed by atoms with van der Waals surface area (Å²) < 4.78 is 19.0. The second kappa shape index (κ2) is 6.04. The van der Waals surface area contributed by atoms with Gasteiger partial charge in [0.1, 0.15) is 6.61 Å². The summed E-state index contributed by atoms with van der Waals surface area (Å²) in [5.41, 5.74) is 9.29. The van der Waals surface area contributed by atoms with Gasteiger partial charge in [0, 0.05) is 17.9 Å². The zero-order valence-electron chi connectivity index (χ0n) is 11.9. The van der Waals surface area contributed by atoms with Gasteiger partial charge in [-0.25, -0.2) is 4.39 Å². The summed E-state index contributed by atoms with van der Waals surface area (Å²) in [5, 5.41) is 0. The van der Waals surface area contributed by atoms with E-state index in [-0.39, 0.29) is 5.82 Å². The van der Waals surface area contributed by atoms with Crippen molar-refractivity contribution in [3.63, 3.8) is 0 Å². The third-order valence-corrected chi connectivity index (χ3v) is 3.84. The largest absolute Gasteiger partial charge is 0.489 e. The number of halogens is 1. The highest BCUT2D eigenvalue weighted by Gasteiger charge is 2.18. The predicted octanol–water partition coefficient (Wildman–Crippen LogP) is 3.24. The number of nitrogen functional groups attached to an aromatic ring is 1. The van der Waals surface area contributed by atoms with Crippen LogP contribution in [0.5, 0.6) is 5.75 Å². The number of benzene rings is 2. The molecule has 2 aromatic rings. The summed E-state index contributed by atoms with van der Waals surface area (Å²) in [4.78, 5) is 2.26. The van der Waals surface area contributed by atoms with E-state index >= 15 is 0 Å². The Morgan fingerprint density at radius 1 is 1.14 bits per heavy atom. The molecule has 0 bridgehead atoms. The van der Waals surface area contributed by atoms with Gasteiger partial charge in [-0.15, -0.1) is 0 Å². The zero-order valence-corrected chi connectivity index (χ0v) is 11.9. The summed E-state index contributed by atoms with van der Waals surface area (Å²) in [5.74, 6) is -0.0110. The molecule has 4 heteroatoms. The van der Waals surface area contributed by atoms with Gasteiger partial charge in [-0.05, 0) is 42.7 Å². The smallest absolute Gasteiger partial charge is 0.165 e. The minimum absolute atomic E-state index is 0.308. The van der Waals surface area contributed by atoms with E-state index in [1.165, 1.54) is 17.3 Å². The Bertz CT molecular complexity index is 630.